The fraction of sp³-hybridized carbons (Fsp3) is 0.278. The number of hydrogen-bond acceptors (Lipinski definition) is 2. The van der Waals surface area contributed by atoms with Crippen molar-refractivity contribution in [3.05, 3.63) is 59.8 Å². The molecule has 0 N–H and O–H groups in total. The molecule has 0 aliphatic carbocycles. The van der Waals surface area contributed by atoms with Crippen molar-refractivity contribution >= 4 is 10.9 Å². The molecule has 0 unspecified atom stereocenters. The Morgan fingerprint density at radius 1 is 1.00 bits per heavy atom. The summed E-state index contributed by atoms with van der Waals surface area (Å²) in [5, 5.41) is 5.84. The van der Waals surface area contributed by atoms with Gasteiger partial charge in [-0.05, 0) is 31.0 Å². The smallest absolute Gasteiger partial charge is 0.133 e. The molecule has 21 heavy (non-hydrogen) atoms. The van der Waals surface area contributed by atoms with E-state index in [9.17, 15) is 0 Å². The van der Waals surface area contributed by atoms with Crippen LogP contribution < -0.4 is 4.74 Å². The molecule has 0 fully saturated rings. The molecule has 0 aliphatic rings. The van der Waals surface area contributed by atoms with Crippen LogP contribution in [0.4, 0.5) is 0 Å². The van der Waals surface area contributed by atoms with Crippen molar-refractivity contribution in [1.82, 2.24) is 9.78 Å². The first-order valence-corrected chi connectivity index (χ1v) is 7.48. The SMILES string of the molecule is CCc1ccccc1OCc1nn(CC)c2ccccc12. The lowest BCUT2D eigenvalue weighted by molar-refractivity contribution is 0.298. The van der Waals surface area contributed by atoms with E-state index in [1.165, 1.54) is 16.5 Å². The van der Waals surface area contributed by atoms with Crippen LogP contribution in [0.2, 0.25) is 0 Å². The van der Waals surface area contributed by atoms with Gasteiger partial charge in [-0.2, -0.15) is 5.10 Å². The molecule has 0 amide bonds. The van der Waals surface area contributed by atoms with E-state index in [4.69, 9.17) is 4.74 Å². The number of ether oxygens (including phenoxy) is 1. The third-order valence-electron chi connectivity index (χ3n) is 3.75. The molecule has 108 valence electrons. The summed E-state index contributed by atoms with van der Waals surface area (Å²) in [5.74, 6) is 0.954. The molecule has 1 aromatic heterocycles. The number of hydrogen-bond donors (Lipinski definition) is 0. The Bertz CT molecular complexity index is 746. The van der Waals surface area contributed by atoms with Gasteiger partial charge < -0.3 is 4.74 Å². The Morgan fingerprint density at radius 3 is 2.57 bits per heavy atom. The Morgan fingerprint density at radius 2 is 1.76 bits per heavy atom. The Balaban J connectivity index is 1.88. The summed E-state index contributed by atoms with van der Waals surface area (Å²) in [6.07, 6.45) is 0.973. The second-order valence-electron chi connectivity index (χ2n) is 5.03. The molecule has 3 aromatic rings. The van der Waals surface area contributed by atoms with Crippen molar-refractivity contribution < 1.29 is 4.74 Å². The third-order valence-corrected chi connectivity index (χ3v) is 3.75. The lowest BCUT2D eigenvalue weighted by atomic mass is 10.1. The summed E-state index contributed by atoms with van der Waals surface area (Å²) in [6.45, 7) is 5.62. The molecule has 2 aromatic carbocycles. The number of nitrogens with zero attached hydrogens (tertiary/aromatic N) is 2. The Labute approximate surface area is 125 Å². The minimum absolute atomic E-state index is 0.504. The minimum atomic E-state index is 0.504. The number of para-hydroxylation sites is 2. The summed E-state index contributed by atoms with van der Waals surface area (Å²) in [6, 6.07) is 16.5. The normalized spacial score (nSPS) is 11.0. The summed E-state index contributed by atoms with van der Waals surface area (Å²) in [4.78, 5) is 0. The van der Waals surface area contributed by atoms with E-state index >= 15 is 0 Å². The number of fused-ring (bicyclic) bond motifs is 1. The van der Waals surface area contributed by atoms with E-state index in [0.29, 0.717) is 6.61 Å². The summed E-state index contributed by atoms with van der Waals surface area (Å²) in [5.41, 5.74) is 3.40. The van der Waals surface area contributed by atoms with Gasteiger partial charge in [0.2, 0.25) is 0 Å². The predicted octanol–water partition coefficient (Wildman–Crippen LogP) is 4.20. The van der Waals surface area contributed by atoms with Crippen molar-refractivity contribution in [2.45, 2.75) is 33.4 Å². The highest BCUT2D eigenvalue weighted by atomic mass is 16.5. The Hall–Kier alpha value is -2.29. The van der Waals surface area contributed by atoms with Crippen molar-refractivity contribution in [3.63, 3.8) is 0 Å². The Kier molecular flexibility index (Phi) is 3.91. The van der Waals surface area contributed by atoms with E-state index < -0.39 is 0 Å². The van der Waals surface area contributed by atoms with Gasteiger partial charge in [-0.15, -0.1) is 0 Å². The van der Waals surface area contributed by atoms with Crippen molar-refractivity contribution in [1.29, 1.82) is 0 Å². The zero-order valence-corrected chi connectivity index (χ0v) is 12.5. The van der Waals surface area contributed by atoms with Gasteiger partial charge in [0.25, 0.3) is 0 Å². The average molecular weight is 280 g/mol. The van der Waals surface area contributed by atoms with Gasteiger partial charge in [0, 0.05) is 11.9 Å². The molecule has 0 spiro atoms. The molecule has 0 radical (unpaired) electrons. The molecule has 3 rings (SSSR count). The van der Waals surface area contributed by atoms with Crippen molar-refractivity contribution in [2.75, 3.05) is 0 Å². The van der Waals surface area contributed by atoms with E-state index in [1.54, 1.807) is 0 Å². The number of benzene rings is 2. The summed E-state index contributed by atoms with van der Waals surface area (Å²) >= 11 is 0. The molecule has 0 atom stereocenters. The van der Waals surface area contributed by atoms with Crippen LogP contribution in [0, 0.1) is 0 Å². The van der Waals surface area contributed by atoms with Crippen LogP contribution in [0.3, 0.4) is 0 Å². The highest BCUT2D eigenvalue weighted by Crippen LogP contribution is 2.23. The lowest BCUT2D eigenvalue weighted by Gasteiger charge is -2.09. The van der Waals surface area contributed by atoms with Crippen LogP contribution >= 0.6 is 0 Å². The molecule has 3 nitrogen and oxygen atoms in total. The van der Waals surface area contributed by atoms with E-state index in [0.717, 1.165) is 24.4 Å². The zero-order chi connectivity index (χ0) is 14.7. The molecule has 1 heterocycles. The second-order valence-corrected chi connectivity index (χ2v) is 5.03. The molecule has 0 bridgehead atoms. The first kappa shape index (κ1) is 13.7. The maximum Gasteiger partial charge on any atom is 0.133 e. The number of aryl methyl sites for hydroxylation is 2. The van der Waals surface area contributed by atoms with Gasteiger partial charge in [-0.25, -0.2) is 0 Å². The zero-order valence-electron chi connectivity index (χ0n) is 12.5. The van der Waals surface area contributed by atoms with E-state index in [2.05, 4.69) is 37.1 Å². The first-order valence-electron chi connectivity index (χ1n) is 7.48. The maximum absolute atomic E-state index is 6.00. The van der Waals surface area contributed by atoms with Gasteiger partial charge in [0.05, 0.1) is 5.52 Å². The lowest BCUT2D eigenvalue weighted by Crippen LogP contribution is -2.01. The largest absolute Gasteiger partial charge is 0.487 e. The van der Waals surface area contributed by atoms with Crippen LogP contribution in [0.25, 0.3) is 10.9 Å². The standard InChI is InChI=1S/C18H20N2O/c1-3-14-9-5-8-12-18(14)21-13-16-15-10-6-7-11-17(15)20(4-2)19-16/h5-12H,3-4,13H2,1-2H3. The number of aromatic nitrogens is 2. The highest BCUT2D eigenvalue weighted by molar-refractivity contribution is 5.81. The van der Waals surface area contributed by atoms with Gasteiger partial charge in [-0.3, -0.25) is 4.68 Å². The van der Waals surface area contributed by atoms with E-state index in [-0.39, 0.29) is 0 Å². The molecule has 0 aliphatic heterocycles. The molecule has 0 saturated heterocycles. The maximum atomic E-state index is 6.00. The highest BCUT2D eigenvalue weighted by Gasteiger charge is 2.10. The van der Waals surface area contributed by atoms with Crippen LogP contribution in [0.1, 0.15) is 25.1 Å². The average Bonchev–Trinajstić information content (AvgIpc) is 2.91. The first-order chi connectivity index (χ1) is 10.3. The third kappa shape index (κ3) is 2.64. The monoisotopic (exact) mass is 280 g/mol. The fourth-order valence-corrected chi connectivity index (χ4v) is 2.63. The van der Waals surface area contributed by atoms with Crippen LogP contribution in [-0.2, 0) is 19.6 Å². The van der Waals surface area contributed by atoms with Gasteiger partial charge in [0.15, 0.2) is 0 Å². The molecular formula is C18H20N2O. The molecule has 3 heteroatoms. The van der Waals surface area contributed by atoms with Gasteiger partial charge >= 0.3 is 0 Å². The minimum Gasteiger partial charge on any atom is -0.487 e. The molecule has 0 saturated carbocycles. The molecular weight excluding hydrogens is 260 g/mol. The number of rotatable bonds is 5. The van der Waals surface area contributed by atoms with Crippen molar-refractivity contribution in [2.24, 2.45) is 0 Å². The topological polar surface area (TPSA) is 27.1 Å². The second kappa shape index (κ2) is 6.00. The fourth-order valence-electron chi connectivity index (χ4n) is 2.63. The summed E-state index contributed by atoms with van der Waals surface area (Å²) < 4.78 is 8.03. The van der Waals surface area contributed by atoms with Crippen LogP contribution in [0.5, 0.6) is 5.75 Å². The van der Waals surface area contributed by atoms with Gasteiger partial charge in [-0.1, -0.05) is 43.3 Å². The van der Waals surface area contributed by atoms with Gasteiger partial charge in [0.1, 0.15) is 18.1 Å². The van der Waals surface area contributed by atoms with Crippen LogP contribution in [0.15, 0.2) is 48.5 Å². The quantitative estimate of drug-likeness (QED) is 0.700. The summed E-state index contributed by atoms with van der Waals surface area (Å²) in [7, 11) is 0. The predicted molar refractivity (Wildman–Crippen MR) is 85.6 cm³/mol. The van der Waals surface area contributed by atoms with E-state index in [1.807, 2.05) is 35.0 Å². The van der Waals surface area contributed by atoms with Crippen molar-refractivity contribution in [3.8, 4) is 5.75 Å². The van der Waals surface area contributed by atoms with Crippen LogP contribution in [-0.4, -0.2) is 9.78 Å².